The maximum absolute atomic E-state index is 12.0. The van der Waals surface area contributed by atoms with Crippen LogP contribution in [-0.2, 0) is 4.79 Å². The Labute approximate surface area is 146 Å². The van der Waals surface area contributed by atoms with Crippen LogP contribution in [0, 0.1) is 0 Å². The number of aliphatic imine (C=N–C) groups is 1. The summed E-state index contributed by atoms with van der Waals surface area (Å²) in [6.45, 7) is 0. The fourth-order valence-electron chi connectivity index (χ4n) is 1.90. The minimum Gasteiger partial charge on any atom is -0.508 e. The van der Waals surface area contributed by atoms with Gasteiger partial charge in [-0.3, -0.25) is 4.79 Å². The van der Waals surface area contributed by atoms with Crippen molar-refractivity contribution < 1.29 is 9.90 Å². The van der Waals surface area contributed by atoms with Gasteiger partial charge in [0.2, 0.25) is 0 Å². The second-order valence-electron chi connectivity index (χ2n) is 4.63. The Morgan fingerprint density at radius 2 is 1.74 bits per heavy atom. The first-order chi connectivity index (χ1) is 11.0. The number of aromatic hydroxyl groups is 1. The number of carbonyl (C=O) groups excluding carboxylic acids is 1. The monoisotopic (exact) mass is 364 g/mol. The molecule has 116 valence electrons. The molecule has 1 fully saturated rings. The molecule has 1 amide bonds. The highest BCUT2D eigenvalue weighted by molar-refractivity contribution is 8.18. The third-order valence-corrected chi connectivity index (χ3v) is 4.58. The van der Waals surface area contributed by atoms with Crippen molar-refractivity contribution in [2.75, 3.05) is 0 Å². The van der Waals surface area contributed by atoms with Crippen LogP contribution in [0.3, 0.4) is 0 Å². The molecule has 0 radical (unpaired) electrons. The number of benzene rings is 2. The number of rotatable bonds is 2. The highest BCUT2D eigenvalue weighted by Gasteiger charge is 2.24. The highest BCUT2D eigenvalue weighted by Crippen LogP contribution is 2.32. The van der Waals surface area contributed by atoms with E-state index < -0.39 is 0 Å². The van der Waals surface area contributed by atoms with Crippen LogP contribution in [0.2, 0.25) is 10.0 Å². The topological polar surface area (TPSA) is 61.7 Å². The number of halogens is 2. The Hall–Kier alpha value is -1.95. The molecule has 0 aliphatic carbocycles. The van der Waals surface area contributed by atoms with Crippen molar-refractivity contribution in [3.8, 4) is 5.75 Å². The normalized spacial score (nSPS) is 17.7. The molecule has 23 heavy (non-hydrogen) atoms. The van der Waals surface area contributed by atoms with Crippen molar-refractivity contribution >= 4 is 57.8 Å². The van der Waals surface area contributed by atoms with Gasteiger partial charge in [0.15, 0.2) is 5.17 Å². The summed E-state index contributed by atoms with van der Waals surface area (Å²) in [4.78, 5) is 16.8. The first-order valence-electron chi connectivity index (χ1n) is 6.55. The molecule has 1 aliphatic rings. The molecule has 3 rings (SSSR count). The molecule has 2 aromatic rings. The van der Waals surface area contributed by atoms with E-state index in [0.29, 0.717) is 31.4 Å². The number of amidine groups is 1. The van der Waals surface area contributed by atoms with E-state index in [-0.39, 0.29) is 11.7 Å². The minimum absolute atomic E-state index is 0.158. The zero-order chi connectivity index (χ0) is 16.4. The third kappa shape index (κ3) is 3.69. The van der Waals surface area contributed by atoms with Crippen LogP contribution in [0.4, 0.5) is 5.69 Å². The quantitative estimate of drug-likeness (QED) is 0.766. The van der Waals surface area contributed by atoms with Crippen molar-refractivity contribution in [1.29, 1.82) is 0 Å². The summed E-state index contributed by atoms with van der Waals surface area (Å²) in [6, 6.07) is 11.5. The average Bonchev–Trinajstić information content (AvgIpc) is 2.85. The van der Waals surface area contributed by atoms with Gasteiger partial charge in [0.25, 0.3) is 5.91 Å². The summed E-state index contributed by atoms with van der Waals surface area (Å²) in [5.74, 6) is -0.102. The van der Waals surface area contributed by atoms with Crippen LogP contribution < -0.4 is 5.32 Å². The Balaban J connectivity index is 1.88. The smallest absolute Gasteiger partial charge is 0.264 e. The number of phenols is 1. The predicted octanol–water partition coefficient (Wildman–Crippen LogP) is 4.59. The van der Waals surface area contributed by atoms with Gasteiger partial charge in [-0.1, -0.05) is 29.3 Å². The molecule has 0 bridgehead atoms. The van der Waals surface area contributed by atoms with Crippen molar-refractivity contribution in [2.45, 2.75) is 0 Å². The van der Waals surface area contributed by atoms with Crippen LogP contribution in [0.25, 0.3) is 6.08 Å². The lowest BCUT2D eigenvalue weighted by Crippen LogP contribution is -2.19. The Morgan fingerprint density at radius 3 is 2.39 bits per heavy atom. The van der Waals surface area contributed by atoms with Gasteiger partial charge in [0, 0.05) is 15.6 Å². The standard InChI is InChI=1S/C16H10Cl2N2O2S/c17-12-2-1-3-13(18)11(12)8-14-15(22)20-16(23-14)19-9-4-6-10(21)7-5-9/h1-8,21H,(H,19,20,22)/b14-8-. The number of nitrogens with zero attached hydrogens (tertiary/aromatic N) is 1. The van der Waals surface area contributed by atoms with Gasteiger partial charge in [-0.25, -0.2) is 4.99 Å². The Morgan fingerprint density at radius 1 is 1.09 bits per heavy atom. The van der Waals surface area contributed by atoms with Gasteiger partial charge in [-0.2, -0.15) is 0 Å². The van der Waals surface area contributed by atoms with E-state index in [2.05, 4.69) is 10.3 Å². The molecule has 7 heteroatoms. The van der Waals surface area contributed by atoms with Crippen molar-refractivity contribution in [1.82, 2.24) is 5.32 Å². The van der Waals surface area contributed by atoms with E-state index in [1.807, 2.05) is 0 Å². The number of nitrogens with one attached hydrogen (secondary N) is 1. The van der Waals surface area contributed by atoms with E-state index in [1.165, 1.54) is 23.9 Å². The van der Waals surface area contributed by atoms with Gasteiger partial charge >= 0.3 is 0 Å². The zero-order valence-electron chi connectivity index (χ0n) is 11.6. The van der Waals surface area contributed by atoms with Crippen molar-refractivity contribution in [3.63, 3.8) is 0 Å². The van der Waals surface area contributed by atoms with Crippen LogP contribution in [0.1, 0.15) is 5.56 Å². The molecule has 0 saturated carbocycles. The third-order valence-electron chi connectivity index (χ3n) is 3.01. The summed E-state index contributed by atoms with van der Waals surface area (Å²) in [7, 11) is 0. The summed E-state index contributed by atoms with van der Waals surface area (Å²) in [5.41, 5.74) is 1.22. The molecular formula is C16H10Cl2N2O2S. The molecule has 0 atom stereocenters. The number of hydrogen-bond acceptors (Lipinski definition) is 4. The van der Waals surface area contributed by atoms with Crippen LogP contribution in [0.5, 0.6) is 5.75 Å². The Kier molecular flexibility index (Phi) is 4.61. The fourth-order valence-corrected chi connectivity index (χ4v) is 3.23. The summed E-state index contributed by atoms with van der Waals surface area (Å²) < 4.78 is 0. The molecule has 0 spiro atoms. The lowest BCUT2D eigenvalue weighted by atomic mass is 10.2. The number of phenolic OH excluding ortho intramolecular Hbond substituents is 1. The van der Waals surface area contributed by atoms with Gasteiger partial charge < -0.3 is 10.4 Å². The second-order valence-corrected chi connectivity index (χ2v) is 6.48. The van der Waals surface area contributed by atoms with Gasteiger partial charge in [0.1, 0.15) is 5.75 Å². The molecule has 1 saturated heterocycles. The van der Waals surface area contributed by atoms with Crippen molar-refractivity contribution in [2.24, 2.45) is 4.99 Å². The number of amides is 1. The van der Waals surface area contributed by atoms with Crippen molar-refractivity contribution in [3.05, 3.63) is 63.0 Å². The second kappa shape index (κ2) is 6.66. The highest BCUT2D eigenvalue weighted by atomic mass is 35.5. The molecule has 0 aromatic heterocycles. The van der Waals surface area contributed by atoms with Crippen LogP contribution in [0.15, 0.2) is 52.4 Å². The fraction of sp³-hybridized carbons (Fsp3) is 0. The number of carbonyl (C=O) groups is 1. The summed E-state index contributed by atoms with van der Waals surface area (Å²) in [6.07, 6.45) is 1.64. The van der Waals surface area contributed by atoms with Crippen LogP contribution >= 0.6 is 35.0 Å². The number of hydrogen-bond donors (Lipinski definition) is 2. The van der Waals surface area contributed by atoms with Gasteiger partial charge in [0.05, 0.1) is 10.6 Å². The summed E-state index contributed by atoms with van der Waals surface area (Å²) >= 11 is 13.4. The van der Waals surface area contributed by atoms with E-state index in [9.17, 15) is 9.90 Å². The minimum atomic E-state index is -0.261. The molecule has 2 aromatic carbocycles. The van der Waals surface area contributed by atoms with E-state index >= 15 is 0 Å². The molecule has 0 unspecified atom stereocenters. The number of thioether (sulfide) groups is 1. The van der Waals surface area contributed by atoms with E-state index in [4.69, 9.17) is 23.2 Å². The molecule has 2 N–H and O–H groups in total. The predicted molar refractivity (Wildman–Crippen MR) is 95.4 cm³/mol. The maximum Gasteiger partial charge on any atom is 0.264 e. The molecular weight excluding hydrogens is 355 g/mol. The average molecular weight is 365 g/mol. The largest absolute Gasteiger partial charge is 0.508 e. The van der Waals surface area contributed by atoms with Crippen LogP contribution in [-0.4, -0.2) is 16.2 Å². The molecule has 1 aliphatic heterocycles. The summed E-state index contributed by atoms with van der Waals surface area (Å²) in [5, 5.41) is 13.3. The zero-order valence-corrected chi connectivity index (χ0v) is 13.9. The SMILES string of the molecule is O=C1NC(=Nc2ccc(O)cc2)S/C1=C\c1c(Cl)cccc1Cl. The first-order valence-corrected chi connectivity index (χ1v) is 8.13. The van der Waals surface area contributed by atoms with E-state index in [0.717, 1.165) is 0 Å². The maximum atomic E-state index is 12.0. The van der Waals surface area contributed by atoms with Gasteiger partial charge in [-0.15, -0.1) is 0 Å². The first kappa shape index (κ1) is 15.9. The van der Waals surface area contributed by atoms with E-state index in [1.54, 1.807) is 36.4 Å². The molecule has 1 heterocycles. The molecule has 4 nitrogen and oxygen atoms in total. The Bertz CT molecular complexity index is 812. The van der Waals surface area contributed by atoms with Gasteiger partial charge in [-0.05, 0) is 54.2 Å². The lowest BCUT2D eigenvalue weighted by molar-refractivity contribution is -0.115. The lowest BCUT2D eigenvalue weighted by Gasteiger charge is -2.01.